The van der Waals surface area contributed by atoms with Crippen molar-refractivity contribution < 1.29 is 19.4 Å². The van der Waals surface area contributed by atoms with Crippen LogP contribution in [-0.4, -0.2) is 41.6 Å². The molecule has 5 nitrogen and oxygen atoms in total. The predicted molar refractivity (Wildman–Crippen MR) is 85.9 cm³/mol. The first kappa shape index (κ1) is 16.8. The molecular weight excluding hydrogens is 350 g/mol. The molecule has 1 fully saturated rings. The van der Waals surface area contributed by atoms with Crippen LogP contribution >= 0.6 is 15.9 Å². The van der Waals surface area contributed by atoms with Crippen LogP contribution < -0.4 is 4.74 Å². The van der Waals surface area contributed by atoms with Crippen LogP contribution in [0.4, 0.5) is 0 Å². The Morgan fingerprint density at radius 2 is 2.18 bits per heavy atom. The Morgan fingerprint density at radius 1 is 1.45 bits per heavy atom. The van der Waals surface area contributed by atoms with E-state index in [0.717, 1.165) is 16.5 Å². The third-order valence-electron chi connectivity index (χ3n) is 4.21. The quantitative estimate of drug-likeness (QED) is 0.885. The summed E-state index contributed by atoms with van der Waals surface area (Å²) in [4.78, 5) is 25.5. The first-order valence-corrected chi connectivity index (χ1v) is 8.08. The summed E-state index contributed by atoms with van der Waals surface area (Å²) < 4.78 is 6.17. The van der Waals surface area contributed by atoms with Gasteiger partial charge in [0.2, 0.25) is 5.91 Å². The van der Waals surface area contributed by atoms with Crippen LogP contribution in [0.1, 0.15) is 25.3 Å². The van der Waals surface area contributed by atoms with Gasteiger partial charge in [-0.1, -0.05) is 15.9 Å². The highest BCUT2D eigenvalue weighted by Crippen LogP contribution is 2.27. The summed E-state index contributed by atoms with van der Waals surface area (Å²) in [7, 11) is 1.57. The Kier molecular flexibility index (Phi) is 5.45. The maximum atomic E-state index is 12.6. The van der Waals surface area contributed by atoms with Gasteiger partial charge in [-0.3, -0.25) is 9.59 Å². The summed E-state index contributed by atoms with van der Waals surface area (Å²) in [5, 5.41) is 9.25. The number of hydrogen-bond acceptors (Lipinski definition) is 3. The van der Waals surface area contributed by atoms with Gasteiger partial charge >= 0.3 is 5.97 Å². The van der Waals surface area contributed by atoms with Crippen molar-refractivity contribution in [3.63, 3.8) is 0 Å². The number of hydrogen-bond donors (Lipinski definition) is 1. The van der Waals surface area contributed by atoms with Crippen LogP contribution in [0.15, 0.2) is 22.7 Å². The highest BCUT2D eigenvalue weighted by atomic mass is 79.9. The van der Waals surface area contributed by atoms with E-state index in [1.165, 1.54) is 0 Å². The molecule has 0 aliphatic carbocycles. The molecule has 1 aromatic rings. The maximum absolute atomic E-state index is 12.6. The fourth-order valence-corrected chi connectivity index (χ4v) is 3.38. The van der Waals surface area contributed by atoms with Gasteiger partial charge in [-0.25, -0.2) is 0 Å². The minimum absolute atomic E-state index is 0.0603. The molecule has 2 rings (SSSR count). The lowest BCUT2D eigenvalue weighted by Gasteiger charge is -2.37. The lowest BCUT2D eigenvalue weighted by molar-refractivity contribution is -0.148. The number of ether oxygens (including phenoxy) is 1. The van der Waals surface area contributed by atoms with E-state index in [1.54, 1.807) is 12.0 Å². The number of likely N-dealkylation sites (tertiary alicyclic amines) is 1. The second-order valence-electron chi connectivity index (χ2n) is 5.55. The zero-order valence-corrected chi connectivity index (χ0v) is 14.3. The van der Waals surface area contributed by atoms with Gasteiger partial charge in [0.05, 0.1) is 19.4 Å². The maximum Gasteiger partial charge on any atom is 0.308 e. The SMILES string of the molecule is COc1ccc(Br)cc1CC(=O)N1CCC[C@H](C(=O)O)[C@@H]1C. The Morgan fingerprint density at radius 3 is 2.82 bits per heavy atom. The van der Waals surface area contributed by atoms with Gasteiger partial charge in [0.1, 0.15) is 5.75 Å². The number of carbonyl (C=O) groups excluding carboxylic acids is 1. The molecule has 22 heavy (non-hydrogen) atoms. The number of methoxy groups -OCH3 is 1. The molecule has 1 aliphatic heterocycles. The van der Waals surface area contributed by atoms with Crippen molar-refractivity contribution in [1.82, 2.24) is 4.90 Å². The molecule has 1 amide bonds. The topological polar surface area (TPSA) is 66.8 Å². The lowest BCUT2D eigenvalue weighted by atomic mass is 9.90. The van der Waals surface area contributed by atoms with Gasteiger partial charge in [-0.05, 0) is 38.0 Å². The molecule has 120 valence electrons. The van der Waals surface area contributed by atoms with Crippen molar-refractivity contribution in [2.24, 2.45) is 5.92 Å². The Bertz CT molecular complexity index is 575. The number of carbonyl (C=O) groups is 2. The third kappa shape index (κ3) is 3.61. The second-order valence-corrected chi connectivity index (χ2v) is 6.46. The largest absolute Gasteiger partial charge is 0.496 e. The summed E-state index contributed by atoms with van der Waals surface area (Å²) in [6, 6.07) is 5.25. The molecule has 1 aliphatic rings. The minimum atomic E-state index is -0.829. The van der Waals surface area contributed by atoms with Crippen LogP contribution in [0, 0.1) is 5.92 Å². The van der Waals surface area contributed by atoms with Crippen LogP contribution in [0.5, 0.6) is 5.75 Å². The van der Waals surface area contributed by atoms with E-state index >= 15 is 0 Å². The number of nitrogens with zero attached hydrogens (tertiary/aromatic N) is 1. The van der Waals surface area contributed by atoms with Gasteiger partial charge in [-0.15, -0.1) is 0 Å². The first-order chi connectivity index (χ1) is 10.4. The molecule has 1 saturated heterocycles. The highest BCUT2D eigenvalue weighted by Gasteiger charge is 2.35. The third-order valence-corrected chi connectivity index (χ3v) is 4.70. The molecule has 1 aromatic carbocycles. The summed E-state index contributed by atoms with van der Waals surface area (Å²) in [6.45, 7) is 2.42. The normalized spacial score (nSPS) is 21.5. The van der Waals surface area contributed by atoms with Crippen molar-refractivity contribution in [3.8, 4) is 5.75 Å². The van der Waals surface area contributed by atoms with Gasteiger partial charge in [-0.2, -0.15) is 0 Å². The molecule has 0 unspecified atom stereocenters. The van der Waals surface area contributed by atoms with Crippen LogP contribution in [-0.2, 0) is 16.0 Å². The number of rotatable bonds is 4. The average molecular weight is 370 g/mol. The molecule has 1 N–H and O–H groups in total. The number of halogens is 1. The molecule has 0 bridgehead atoms. The van der Waals surface area contributed by atoms with Crippen molar-refractivity contribution in [3.05, 3.63) is 28.2 Å². The molecule has 2 atom stereocenters. The fraction of sp³-hybridized carbons (Fsp3) is 0.500. The zero-order valence-electron chi connectivity index (χ0n) is 12.7. The van der Waals surface area contributed by atoms with E-state index in [9.17, 15) is 14.7 Å². The number of carboxylic acid groups (broad SMARTS) is 1. The molecule has 0 saturated carbocycles. The monoisotopic (exact) mass is 369 g/mol. The highest BCUT2D eigenvalue weighted by molar-refractivity contribution is 9.10. The molecular formula is C16H20BrNO4. The number of benzene rings is 1. The Labute approximate surface area is 138 Å². The summed E-state index contributed by atoms with van der Waals surface area (Å²) in [5.74, 6) is -0.710. The van der Waals surface area contributed by atoms with Gasteiger partial charge in [0, 0.05) is 22.6 Å². The van der Waals surface area contributed by atoms with Crippen molar-refractivity contribution in [2.45, 2.75) is 32.2 Å². The zero-order chi connectivity index (χ0) is 16.3. The summed E-state index contributed by atoms with van der Waals surface area (Å²) in [6.07, 6.45) is 1.56. The van der Waals surface area contributed by atoms with Crippen molar-refractivity contribution >= 4 is 27.8 Å². The summed E-state index contributed by atoms with van der Waals surface area (Å²) in [5.41, 5.74) is 0.798. The molecule has 6 heteroatoms. The van der Waals surface area contributed by atoms with Gasteiger partial charge in [0.15, 0.2) is 0 Å². The van der Waals surface area contributed by atoms with E-state index in [1.807, 2.05) is 25.1 Å². The fourth-order valence-electron chi connectivity index (χ4n) is 2.98. The minimum Gasteiger partial charge on any atom is -0.496 e. The molecule has 0 radical (unpaired) electrons. The van der Waals surface area contributed by atoms with Crippen molar-refractivity contribution in [2.75, 3.05) is 13.7 Å². The number of amides is 1. The summed E-state index contributed by atoms with van der Waals surface area (Å²) >= 11 is 3.39. The average Bonchev–Trinajstić information content (AvgIpc) is 2.47. The Hall–Kier alpha value is -1.56. The first-order valence-electron chi connectivity index (χ1n) is 7.28. The standard InChI is InChI=1S/C16H20BrNO4/c1-10-13(16(20)21)4-3-7-18(10)15(19)9-11-8-12(17)5-6-14(11)22-2/h5-6,8,10,13H,3-4,7,9H2,1-2H3,(H,20,21)/t10-,13-/m0/s1. The van der Waals surface area contributed by atoms with E-state index in [2.05, 4.69) is 15.9 Å². The van der Waals surface area contributed by atoms with Gasteiger partial charge < -0.3 is 14.7 Å². The smallest absolute Gasteiger partial charge is 0.308 e. The number of carboxylic acids is 1. The van der Waals surface area contributed by atoms with Crippen LogP contribution in [0.3, 0.4) is 0 Å². The molecule has 1 heterocycles. The van der Waals surface area contributed by atoms with E-state index < -0.39 is 11.9 Å². The van der Waals surface area contributed by atoms with E-state index in [0.29, 0.717) is 18.7 Å². The predicted octanol–water partition coefficient (Wildman–Crippen LogP) is 2.71. The number of piperidine rings is 1. The van der Waals surface area contributed by atoms with E-state index in [-0.39, 0.29) is 18.4 Å². The van der Waals surface area contributed by atoms with Crippen molar-refractivity contribution in [1.29, 1.82) is 0 Å². The lowest BCUT2D eigenvalue weighted by Crippen LogP contribution is -2.49. The molecule has 0 spiro atoms. The van der Waals surface area contributed by atoms with Crippen LogP contribution in [0.2, 0.25) is 0 Å². The number of aliphatic carboxylic acids is 1. The van der Waals surface area contributed by atoms with Crippen LogP contribution in [0.25, 0.3) is 0 Å². The second kappa shape index (κ2) is 7.13. The molecule has 0 aromatic heterocycles. The van der Waals surface area contributed by atoms with E-state index in [4.69, 9.17) is 4.74 Å². The Balaban J connectivity index is 2.15. The van der Waals surface area contributed by atoms with Gasteiger partial charge in [0.25, 0.3) is 0 Å².